The van der Waals surface area contributed by atoms with Gasteiger partial charge in [0.25, 0.3) is 0 Å². The number of hydrogen-bond donors (Lipinski definition) is 0. The molecule has 0 aromatic carbocycles. The fourth-order valence-electron chi connectivity index (χ4n) is 3.53. The fraction of sp³-hybridized carbons (Fsp3) is 1.00. The van der Waals surface area contributed by atoms with E-state index in [1.54, 1.807) is 0 Å². The predicted molar refractivity (Wildman–Crippen MR) is 163 cm³/mol. The summed E-state index contributed by atoms with van der Waals surface area (Å²) in [4.78, 5) is 2.64. The van der Waals surface area contributed by atoms with Crippen LogP contribution in [0.2, 0.25) is 0 Å². The summed E-state index contributed by atoms with van der Waals surface area (Å²) in [7, 11) is 0. The van der Waals surface area contributed by atoms with Crippen LogP contribution >= 0.6 is 0 Å². The van der Waals surface area contributed by atoms with Crippen LogP contribution in [0.5, 0.6) is 0 Å². The summed E-state index contributed by atoms with van der Waals surface area (Å²) >= 11 is 0. The van der Waals surface area contributed by atoms with Crippen LogP contribution in [-0.4, -0.2) is 171 Å². The SMILES string of the molecule is [N-]=[N+]=NCCOCCOCCOCCOCCOCCOCCOCCOCCOCCOCCOCCOC1CCCCO1. The monoisotopic (exact) mass is 655 g/mol. The molecule has 1 heterocycles. The maximum absolute atomic E-state index is 8.13. The van der Waals surface area contributed by atoms with Gasteiger partial charge in [0.2, 0.25) is 0 Å². The first-order chi connectivity index (χ1) is 22.4. The molecule has 16 nitrogen and oxygen atoms in total. The molecule has 1 rings (SSSR count). The molecular weight excluding hydrogens is 598 g/mol. The summed E-state index contributed by atoms with van der Waals surface area (Å²) in [5.74, 6) is 0. The molecule has 1 aliphatic rings. The highest BCUT2D eigenvalue weighted by Gasteiger charge is 2.13. The Hall–Kier alpha value is -1.21. The van der Waals surface area contributed by atoms with Gasteiger partial charge >= 0.3 is 0 Å². The lowest BCUT2D eigenvalue weighted by atomic mass is 10.2. The number of nitrogens with zero attached hydrogens (tertiary/aromatic N) is 3. The molecule has 1 saturated heterocycles. The molecule has 0 N–H and O–H groups in total. The number of azide groups is 1. The Kier molecular flexibility index (Phi) is 34.6. The van der Waals surface area contributed by atoms with E-state index in [1.807, 2.05) is 0 Å². The van der Waals surface area contributed by atoms with Crippen LogP contribution in [0.25, 0.3) is 10.4 Å². The van der Waals surface area contributed by atoms with Crippen LogP contribution in [0.15, 0.2) is 5.11 Å². The van der Waals surface area contributed by atoms with Crippen molar-refractivity contribution in [3.05, 3.63) is 10.4 Å². The lowest BCUT2D eigenvalue weighted by molar-refractivity contribution is -0.169. The smallest absolute Gasteiger partial charge is 0.157 e. The molecule has 0 spiro atoms. The van der Waals surface area contributed by atoms with Crippen LogP contribution in [-0.2, 0) is 61.6 Å². The van der Waals surface area contributed by atoms with Gasteiger partial charge in [-0.1, -0.05) is 5.11 Å². The molecule has 1 atom stereocenters. The van der Waals surface area contributed by atoms with E-state index < -0.39 is 0 Å². The van der Waals surface area contributed by atoms with Crippen molar-refractivity contribution < 1.29 is 61.6 Å². The minimum Gasteiger partial charge on any atom is -0.379 e. The van der Waals surface area contributed by atoms with Crippen LogP contribution in [0.3, 0.4) is 0 Å². The molecule has 0 aromatic rings. The lowest BCUT2D eigenvalue weighted by Crippen LogP contribution is -2.24. The molecule has 0 aliphatic carbocycles. The van der Waals surface area contributed by atoms with Crippen molar-refractivity contribution in [2.75, 3.05) is 165 Å². The fourth-order valence-corrected chi connectivity index (χ4v) is 3.53. The average Bonchev–Trinajstić information content (AvgIpc) is 3.06. The van der Waals surface area contributed by atoms with Gasteiger partial charge in [0.15, 0.2) is 6.29 Å². The van der Waals surface area contributed by atoms with Crippen molar-refractivity contribution in [3.63, 3.8) is 0 Å². The quantitative estimate of drug-likeness (QED) is 0.0413. The molecule has 0 amide bonds. The molecule has 0 saturated carbocycles. The molecule has 16 heteroatoms. The van der Waals surface area contributed by atoms with Crippen molar-refractivity contribution in [2.24, 2.45) is 5.11 Å². The molecule has 45 heavy (non-hydrogen) atoms. The minimum absolute atomic E-state index is 0.0683. The van der Waals surface area contributed by atoms with Gasteiger partial charge in [0.1, 0.15) is 0 Å². The van der Waals surface area contributed by atoms with Gasteiger partial charge in [-0.2, -0.15) is 0 Å². The third kappa shape index (κ3) is 34.0. The molecule has 266 valence electrons. The maximum Gasteiger partial charge on any atom is 0.157 e. The summed E-state index contributed by atoms with van der Waals surface area (Å²) < 4.78 is 70.9. The maximum atomic E-state index is 8.13. The zero-order valence-electron chi connectivity index (χ0n) is 27.0. The number of ether oxygens (including phenoxy) is 13. The normalized spacial score (nSPS) is 15.0. The van der Waals surface area contributed by atoms with E-state index >= 15 is 0 Å². The second kappa shape index (κ2) is 37.2. The first kappa shape index (κ1) is 41.8. The summed E-state index contributed by atoms with van der Waals surface area (Å²) in [6.07, 6.45) is 3.18. The number of hydrogen-bond acceptors (Lipinski definition) is 14. The zero-order chi connectivity index (χ0) is 32.0. The zero-order valence-corrected chi connectivity index (χ0v) is 27.0. The molecule has 0 bridgehead atoms. The van der Waals surface area contributed by atoms with Crippen molar-refractivity contribution in [1.29, 1.82) is 0 Å². The molecule has 1 unspecified atom stereocenters. The van der Waals surface area contributed by atoms with Gasteiger partial charge < -0.3 is 61.6 Å². The van der Waals surface area contributed by atoms with E-state index in [2.05, 4.69) is 10.0 Å². The lowest BCUT2D eigenvalue weighted by Gasteiger charge is -2.22. The first-order valence-electron chi connectivity index (χ1n) is 16.0. The van der Waals surface area contributed by atoms with Gasteiger partial charge in [-0.25, -0.2) is 0 Å². The van der Waals surface area contributed by atoms with E-state index in [4.69, 9.17) is 67.1 Å². The predicted octanol–water partition coefficient (Wildman–Crippen LogP) is 2.02. The second-order valence-corrected chi connectivity index (χ2v) is 9.36. The highest BCUT2D eigenvalue weighted by Crippen LogP contribution is 2.13. The van der Waals surface area contributed by atoms with Crippen molar-refractivity contribution >= 4 is 0 Å². The summed E-state index contributed by atoms with van der Waals surface area (Å²) in [6.45, 7) is 12.6. The molecule has 0 radical (unpaired) electrons. The highest BCUT2D eigenvalue weighted by molar-refractivity contribution is 4.53. The van der Waals surface area contributed by atoms with Crippen molar-refractivity contribution in [3.8, 4) is 0 Å². The van der Waals surface area contributed by atoms with Crippen molar-refractivity contribution in [1.82, 2.24) is 0 Å². The summed E-state index contributed by atoms with van der Waals surface area (Å²) in [5.41, 5.74) is 8.13. The van der Waals surface area contributed by atoms with E-state index in [9.17, 15) is 0 Å². The molecule has 1 fully saturated rings. The van der Waals surface area contributed by atoms with Crippen LogP contribution in [0, 0.1) is 0 Å². The molecule has 0 aromatic heterocycles. The van der Waals surface area contributed by atoms with Crippen LogP contribution < -0.4 is 0 Å². The van der Waals surface area contributed by atoms with E-state index in [-0.39, 0.29) is 6.29 Å². The standard InChI is InChI=1S/C29H57N3O13/c30-32-31-4-6-33-7-8-34-9-10-35-11-12-36-13-14-37-15-16-38-17-18-39-19-20-40-21-22-41-23-24-42-25-26-43-27-28-45-29-3-1-2-5-44-29/h29H,1-28H2. The molecular formula is C29H57N3O13. The minimum atomic E-state index is -0.0683. The van der Waals surface area contributed by atoms with E-state index in [1.165, 1.54) is 0 Å². The third-order valence-electron chi connectivity index (χ3n) is 5.79. The van der Waals surface area contributed by atoms with E-state index in [0.29, 0.717) is 159 Å². The largest absolute Gasteiger partial charge is 0.379 e. The Morgan fingerprint density at radius 1 is 0.444 bits per heavy atom. The van der Waals surface area contributed by atoms with Crippen molar-refractivity contribution in [2.45, 2.75) is 25.6 Å². The number of rotatable bonds is 37. The Morgan fingerprint density at radius 2 is 0.756 bits per heavy atom. The Balaban J connectivity index is 1.60. The van der Waals surface area contributed by atoms with Gasteiger partial charge in [-0.3, -0.25) is 0 Å². The average molecular weight is 656 g/mol. The van der Waals surface area contributed by atoms with Gasteiger partial charge in [-0.15, -0.1) is 0 Å². The Bertz CT molecular complexity index is 630. The van der Waals surface area contributed by atoms with Gasteiger partial charge in [0, 0.05) is 18.1 Å². The van der Waals surface area contributed by atoms with Gasteiger partial charge in [0.05, 0.1) is 152 Å². The van der Waals surface area contributed by atoms with E-state index in [0.717, 1.165) is 25.9 Å². The summed E-state index contributed by atoms with van der Waals surface area (Å²) in [6, 6.07) is 0. The molecule has 1 aliphatic heterocycles. The highest BCUT2D eigenvalue weighted by atomic mass is 16.7. The first-order valence-corrected chi connectivity index (χ1v) is 16.0. The van der Waals surface area contributed by atoms with Crippen LogP contribution in [0.1, 0.15) is 19.3 Å². The third-order valence-corrected chi connectivity index (χ3v) is 5.79. The van der Waals surface area contributed by atoms with Gasteiger partial charge in [-0.05, 0) is 24.8 Å². The Labute approximate surface area is 268 Å². The second-order valence-electron chi connectivity index (χ2n) is 9.36. The van der Waals surface area contributed by atoms with Crippen LogP contribution in [0.4, 0.5) is 0 Å². The Morgan fingerprint density at radius 3 is 1.04 bits per heavy atom. The summed E-state index contributed by atoms with van der Waals surface area (Å²) in [5, 5.41) is 3.37. The topological polar surface area (TPSA) is 169 Å².